The molecule has 0 saturated heterocycles. The third kappa shape index (κ3) is 3.93. The van der Waals surface area contributed by atoms with Gasteiger partial charge in [-0.05, 0) is 59.0 Å². The van der Waals surface area contributed by atoms with Gasteiger partial charge in [0.05, 0.1) is 5.56 Å². The average molecular weight is 454 g/mol. The van der Waals surface area contributed by atoms with Crippen molar-refractivity contribution in [2.24, 2.45) is 5.41 Å². The first kappa shape index (κ1) is 16.2. The Morgan fingerprint density at radius 3 is 2.65 bits per heavy atom. The Morgan fingerprint density at radius 1 is 1.35 bits per heavy atom. The molecule has 1 aromatic carbocycles. The summed E-state index contributed by atoms with van der Waals surface area (Å²) in [5, 5.41) is 3.94. The van der Waals surface area contributed by atoms with Crippen molar-refractivity contribution in [2.45, 2.75) is 32.1 Å². The van der Waals surface area contributed by atoms with Crippen molar-refractivity contribution in [2.75, 3.05) is 11.9 Å². The lowest BCUT2D eigenvalue weighted by Gasteiger charge is -2.35. The quantitative estimate of drug-likeness (QED) is 0.527. The molecule has 0 spiro atoms. The maximum absolute atomic E-state index is 13.1. The minimum absolute atomic E-state index is 0.111. The molecule has 0 heterocycles. The number of benzene rings is 1. The molecule has 1 fully saturated rings. The van der Waals surface area contributed by atoms with Crippen molar-refractivity contribution < 1.29 is 9.18 Å². The van der Waals surface area contributed by atoms with E-state index in [2.05, 4.69) is 21.2 Å². The van der Waals surface area contributed by atoms with Crippen LogP contribution in [0.15, 0.2) is 18.2 Å². The van der Waals surface area contributed by atoms with Crippen molar-refractivity contribution in [3.05, 3.63) is 33.1 Å². The molecule has 2 nitrogen and oxygen atoms in total. The van der Waals surface area contributed by atoms with E-state index >= 15 is 0 Å². The monoisotopic (exact) mass is 453 g/mol. The number of hydrogen-bond acceptors (Lipinski definition) is 1. The zero-order valence-electron chi connectivity index (χ0n) is 11.2. The van der Waals surface area contributed by atoms with Crippen LogP contribution >= 0.6 is 38.5 Å². The number of nitrogens with one attached hydrogen (secondary N) is 1. The summed E-state index contributed by atoms with van der Waals surface area (Å²) in [6.45, 7) is 0.685. The van der Waals surface area contributed by atoms with E-state index in [4.69, 9.17) is 0 Å². The molecule has 0 bridgehead atoms. The number of rotatable bonds is 4. The lowest BCUT2D eigenvalue weighted by molar-refractivity contribution is 0.0921. The van der Waals surface area contributed by atoms with E-state index in [1.807, 2.05) is 22.6 Å². The van der Waals surface area contributed by atoms with Gasteiger partial charge in [-0.15, -0.1) is 0 Å². The van der Waals surface area contributed by atoms with Gasteiger partial charge in [-0.1, -0.05) is 35.2 Å². The van der Waals surface area contributed by atoms with Crippen LogP contribution in [0.4, 0.5) is 4.39 Å². The summed E-state index contributed by atoms with van der Waals surface area (Å²) >= 11 is 5.59. The van der Waals surface area contributed by atoms with E-state index in [0.29, 0.717) is 15.7 Å². The van der Waals surface area contributed by atoms with Gasteiger partial charge in [-0.2, -0.15) is 0 Å². The average Bonchev–Trinajstić information content (AvgIpc) is 2.46. The molecular weight excluding hydrogens is 436 g/mol. The molecule has 1 aliphatic rings. The molecule has 0 atom stereocenters. The minimum Gasteiger partial charge on any atom is -0.351 e. The first-order valence-corrected chi connectivity index (χ1v) is 9.06. The molecule has 0 radical (unpaired) electrons. The van der Waals surface area contributed by atoms with Gasteiger partial charge < -0.3 is 5.32 Å². The largest absolute Gasteiger partial charge is 0.351 e. The summed E-state index contributed by atoms with van der Waals surface area (Å²) in [5.74, 6) is -0.421. The van der Waals surface area contributed by atoms with Crippen molar-refractivity contribution in [3.63, 3.8) is 0 Å². The molecule has 0 unspecified atom stereocenters. The molecule has 1 aliphatic carbocycles. The van der Waals surface area contributed by atoms with Gasteiger partial charge >= 0.3 is 0 Å². The minimum atomic E-state index is -0.310. The van der Waals surface area contributed by atoms with E-state index in [9.17, 15) is 9.18 Å². The molecule has 1 N–H and O–H groups in total. The van der Waals surface area contributed by atoms with E-state index in [1.54, 1.807) is 6.07 Å². The van der Waals surface area contributed by atoms with Gasteiger partial charge in [0.15, 0.2) is 0 Å². The SMILES string of the molecule is O=C(NCC1(CBr)CCCCC1)c1ccc(F)cc1I. The summed E-state index contributed by atoms with van der Waals surface area (Å²) < 4.78 is 13.7. The molecule has 0 aromatic heterocycles. The zero-order valence-corrected chi connectivity index (χ0v) is 15.0. The van der Waals surface area contributed by atoms with Crippen LogP contribution in [-0.4, -0.2) is 17.8 Å². The molecule has 5 heteroatoms. The third-order valence-electron chi connectivity index (χ3n) is 4.00. The second-order valence-corrected chi connectivity index (χ2v) is 7.22. The van der Waals surface area contributed by atoms with Crippen molar-refractivity contribution in [1.29, 1.82) is 0 Å². The molecule has 1 amide bonds. The summed E-state index contributed by atoms with van der Waals surface area (Å²) in [4.78, 5) is 12.2. The van der Waals surface area contributed by atoms with Gasteiger partial charge in [0.1, 0.15) is 5.82 Å². The fraction of sp³-hybridized carbons (Fsp3) is 0.533. The van der Waals surface area contributed by atoms with Gasteiger partial charge in [0, 0.05) is 15.4 Å². The number of hydrogen-bond donors (Lipinski definition) is 1. The highest BCUT2D eigenvalue weighted by atomic mass is 127. The van der Waals surface area contributed by atoms with E-state index in [1.165, 1.54) is 31.4 Å². The standard InChI is InChI=1S/C15H18BrFINO/c16-9-15(6-2-1-3-7-15)10-19-14(20)12-5-4-11(17)8-13(12)18/h4-5,8H,1-3,6-7,9-10H2,(H,19,20). The number of halogens is 3. The number of alkyl halides is 1. The molecule has 1 saturated carbocycles. The van der Waals surface area contributed by atoms with Crippen LogP contribution in [0.25, 0.3) is 0 Å². The lowest BCUT2D eigenvalue weighted by atomic mass is 9.75. The van der Waals surface area contributed by atoms with Crippen LogP contribution in [0.5, 0.6) is 0 Å². The molecule has 110 valence electrons. The predicted molar refractivity (Wildman–Crippen MR) is 90.8 cm³/mol. The highest BCUT2D eigenvalue weighted by molar-refractivity contribution is 14.1. The van der Waals surface area contributed by atoms with Crippen molar-refractivity contribution in [3.8, 4) is 0 Å². The van der Waals surface area contributed by atoms with Crippen molar-refractivity contribution in [1.82, 2.24) is 5.32 Å². The van der Waals surface area contributed by atoms with E-state index in [0.717, 1.165) is 18.2 Å². The van der Waals surface area contributed by atoms with Crippen LogP contribution in [0.3, 0.4) is 0 Å². The topological polar surface area (TPSA) is 29.1 Å². The highest BCUT2D eigenvalue weighted by Crippen LogP contribution is 2.37. The molecule has 20 heavy (non-hydrogen) atoms. The fourth-order valence-corrected chi connectivity index (χ4v) is 4.18. The first-order chi connectivity index (χ1) is 9.56. The molecular formula is C15H18BrFINO. The van der Waals surface area contributed by atoms with E-state index in [-0.39, 0.29) is 17.1 Å². The Balaban J connectivity index is 2.00. The van der Waals surface area contributed by atoms with Crippen molar-refractivity contribution >= 4 is 44.4 Å². The molecule has 1 aromatic rings. The number of carbonyl (C=O) groups excluding carboxylic acids is 1. The normalized spacial score (nSPS) is 17.8. The molecule has 0 aliphatic heterocycles. The predicted octanol–water partition coefficient (Wildman–Crippen LogP) is 4.51. The smallest absolute Gasteiger partial charge is 0.252 e. The second-order valence-electron chi connectivity index (χ2n) is 5.50. The Labute approximate surface area is 141 Å². The Bertz CT molecular complexity index is 489. The van der Waals surface area contributed by atoms with Gasteiger partial charge in [0.25, 0.3) is 5.91 Å². The highest BCUT2D eigenvalue weighted by Gasteiger charge is 2.31. The summed E-state index contributed by atoms with van der Waals surface area (Å²) in [7, 11) is 0. The second kappa shape index (κ2) is 7.20. The van der Waals surface area contributed by atoms with Crippen LogP contribution < -0.4 is 5.32 Å². The molecule has 2 rings (SSSR count). The Morgan fingerprint density at radius 2 is 2.05 bits per heavy atom. The van der Waals surface area contributed by atoms with Crippen LogP contribution in [0.2, 0.25) is 0 Å². The maximum Gasteiger partial charge on any atom is 0.252 e. The van der Waals surface area contributed by atoms with Gasteiger partial charge in [-0.25, -0.2) is 4.39 Å². The third-order valence-corrected chi connectivity index (χ3v) is 6.08. The number of amides is 1. The van der Waals surface area contributed by atoms with E-state index < -0.39 is 0 Å². The Kier molecular flexibility index (Phi) is 5.84. The number of carbonyl (C=O) groups is 1. The maximum atomic E-state index is 13.1. The van der Waals surface area contributed by atoms with Crippen LogP contribution in [-0.2, 0) is 0 Å². The summed E-state index contributed by atoms with van der Waals surface area (Å²) in [5.41, 5.74) is 0.729. The van der Waals surface area contributed by atoms with Crippen LogP contribution in [0, 0.1) is 14.8 Å². The summed E-state index contributed by atoms with van der Waals surface area (Å²) in [6, 6.07) is 4.27. The lowest BCUT2D eigenvalue weighted by Crippen LogP contribution is -2.40. The Hall–Kier alpha value is -0.170. The van der Waals surface area contributed by atoms with Gasteiger partial charge in [-0.3, -0.25) is 4.79 Å². The zero-order chi connectivity index (χ0) is 14.6. The summed E-state index contributed by atoms with van der Waals surface area (Å²) in [6.07, 6.45) is 6.06. The first-order valence-electron chi connectivity index (χ1n) is 6.86. The van der Waals surface area contributed by atoms with Crippen LogP contribution in [0.1, 0.15) is 42.5 Å². The fourth-order valence-electron chi connectivity index (χ4n) is 2.70. The van der Waals surface area contributed by atoms with Gasteiger partial charge in [0.2, 0.25) is 0 Å².